The van der Waals surface area contributed by atoms with Crippen LogP contribution in [-0.2, 0) is 32.8 Å². The van der Waals surface area contributed by atoms with Crippen molar-refractivity contribution < 1.29 is 22.8 Å². The standard InChI is InChI=1S/C35H45N5O5S/c1-5-39(23(2)41)28-17-18-38(22-28)35(43)27-19-25-13-9-10-14-29(25)33-32(24-11-7-6-8-12-24)30-16-15-26(20-31(30)40(33)21-27)34(42)36-46(44,45)37(3)4/h9-10,13-16,20,24,27-28H,5-8,11-12,17-19,21-22H2,1-4H3,(H,36,42). The number of likely N-dealkylation sites (N-methyl/N-ethyl adjacent to an activating group) is 1. The van der Waals surface area contributed by atoms with Crippen LogP contribution in [0.3, 0.4) is 0 Å². The van der Waals surface area contributed by atoms with Crippen LogP contribution < -0.4 is 4.72 Å². The lowest BCUT2D eigenvalue weighted by molar-refractivity contribution is -0.136. The van der Waals surface area contributed by atoms with Gasteiger partial charge in [0.05, 0.1) is 17.7 Å². The van der Waals surface area contributed by atoms with Gasteiger partial charge in [-0.1, -0.05) is 49.6 Å². The molecule has 6 rings (SSSR count). The van der Waals surface area contributed by atoms with Gasteiger partial charge in [-0.2, -0.15) is 12.7 Å². The van der Waals surface area contributed by atoms with Gasteiger partial charge in [0.2, 0.25) is 11.8 Å². The zero-order valence-corrected chi connectivity index (χ0v) is 28.1. The smallest absolute Gasteiger partial charge is 0.303 e. The highest BCUT2D eigenvalue weighted by atomic mass is 32.2. The summed E-state index contributed by atoms with van der Waals surface area (Å²) in [5.41, 5.74) is 5.71. The Hall–Kier alpha value is -3.70. The van der Waals surface area contributed by atoms with Gasteiger partial charge in [0.1, 0.15) is 0 Å². The van der Waals surface area contributed by atoms with E-state index in [9.17, 15) is 22.8 Å². The molecule has 1 N–H and O–H groups in total. The van der Waals surface area contributed by atoms with Crippen LogP contribution in [0.4, 0.5) is 0 Å². The highest BCUT2D eigenvalue weighted by Gasteiger charge is 2.37. The number of hydrogen-bond donors (Lipinski definition) is 1. The number of nitrogens with zero attached hydrogens (tertiary/aromatic N) is 4. The molecule has 3 heterocycles. The summed E-state index contributed by atoms with van der Waals surface area (Å²) < 4.78 is 30.4. The Morgan fingerprint density at radius 3 is 2.41 bits per heavy atom. The van der Waals surface area contributed by atoms with Crippen LogP contribution >= 0.6 is 0 Å². The van der Waals surface area contributed by atoms with Crippen LogP contribution in [0.15, 0.2) is 42.5 Å². The number of carbonyl (C=O) groups excluding carboxylic acids is 3. The maximum absolute atomic E-state index is 14.3. The van der Waals surface area contributed by atoms with Crippen molar-refractivity contribution in [3.63, 3.8) is 0 Å². The summed E-state index contributed by atoms with van der Waals surface area (Å²) >= 11 is 0. The Balaban J connectivity index is 1.45. The maximum Gasteiger partial charge on any atom is 0.303 e. The van der Waals surface area contributed by atoms with E-state index in [1.165, 1.54) is 26.1 Å². The Morgan fingerprint density at radius 2 is 1.72 bits per heavy atom. The van der Waals surface area contributed by atoms with E-state index in [0.717, 1.165) is 64.1 Å². The third kappa shape index (κ3) is 5.95. The van der Waals surface area contributed by atoms with Crippen LogP contribution in [0.1, 0.15) is 79.8 Å². The van der Waals surface area contributed by atoms with Crippen LogP contribution in [0, 0.1) is 5.92 Å². The van der Waals surface area contributed by atoms with Crippen molar-refractivity contribution in [2.75, 3.05) is 33.7 Å². The molecule has 46 heavy (non-hydrogen) atoms. The molecule has 2 aromatic carbocycles. The fourth-order valence-electron chi connectivity index (χ4n) is 7.91. The summed E-state index contributed by atoms with van der Waals surface area (Å²) in [4.78, 5) is 43.6. The molecule has 0 spiro atoms. The molecule has 1 aromatic heterocycles. The molecule has 2 aliphatic heterocycles. The Bertz CT molecular complexity index is 1770. The zero-order valence-electron chi connectivity index (χ0n) is 27.3. The molecular formula is C35H45N5O5S. The van der Waals surface area contributed by atoms with Gasteiger partial charge in [0.15, 0.2) is 0 Å². The molecule has 3 aliphatic rings. The van der Waals surface area contributed by atoms with Gasteiger partial charge in [-0.05, 0) is 61.8 Å². The van der Waals surface area contributed by atoms with Gasteiger partial charge in [-0.15, -0.1) is 0 Å². The highest BCUT2D eigenvalue weighted by Crippen LogP contribution is 2.47. The van der Waals surface area contributed by atoms with E-state index in [0.29, 0.717) is 38.5 Å². The van der Waals surface area contributed by atoms with E-state index in [4.69, 9.17) is 0 Å². The van der Waals surface area contributed by atoms with Crippen molar-refractivity contribution in [1.29, 1.82) is 0 Å². The van der Waals surface area contributed by atoms with Gasteiger partial charge >= 0.3 is 10.2 Å². The number of aromatic nitrogens is 1. The number of likely N-dealkylation sites (tertiary alicyclic amines) is 1. The van der Waals surface area contributed by atoms with E-state index >= 15 is 0 Å². The lowest BCUT2D eigenvalue weighted by atomic mass is 9.81. The van der Waals surface area contributed by atoms with E-state index in [1.807, 2.05) is 34.9 Å². The molecular weight excluding hydrogens is 602 g/mol. The molecule has 10 nitrogen and oxygen atoms in total. The molecule has 3 amide bonds. The summed E-state index contributed by atoms with van der Waals surface area (Å²) in [5, 5.41) is 1.05. The number of benzene rings is 2. The van der Waals surface area contributed by atoms with Crippen LogP contribution in [0.2, 0.25) is 0 Å². The SMILES string of the molecule is CCN(C(C)=O)C1CCN(C(=O)C2Cc3ccccc3-c3c(C4CCCCC4)c4ccc(C(=O)NS(=O)(=O)N(C)C)cc4n3C2)C1. The summed E-state index contributed by atoms with van der Waals surface area (Å²) in [7, 11) is -1.22. The van der Waals surface area contributed by atoms with Crippen LogP contribution in [0.5, 0.6) is 0 Å². The highest BCUT2D eigenvalue weighted by molar-refractivity contribution is 7.87. The second-order valence-electron chi connectivity index (χ2n) is 13.2. The number of amides is 3. The Labute approximate surface area is 271 Å². The van der Waals surface area contributed by atoms with Crippen LogP contribution in [0.25, 0.3) is 22.2 Å². The van der Waals surface area contributed by atoms with E-state index < -0.39 is 16.1 Å². The van der Waals surface area contributed by atoms with Gasteiger partial charge in [-0.3, -0.25) is 14.4 Å². The van der Waals surface area contributed by atoms with Crippen molar-refractivity contribution in [2.24, 2.45) is 5.92 Å². The lowest BCUT2D eigenvalue weighted by Gasteiger charge is -2.28. The van der Waals surface area contributed by atoms with Crippen molar-refractivity contribution >= 4 is 38.8 Å². The Morgan fingerprint density at radius 1 is 0.978 bits per heavy atom. The molecule has 0 radical (unpaired) electrons. The molecule has 11 heteroatoms. The number of carbonyl (C=O) groups is 3. The number of hydrogen-bond acceptors (Lipinski definition) is 5. The quantitative estimate of drug-likeness (QED) is 0.405. The summed E-state index contributed by atoms with van der Waals surface area (Å²) in [6.45, 7) is 5.76. The first-order valence-corrected chi connectivity index (χ1v) is 18.0. The lowest BCUT2D eigenvalue weighted by Crippen LogP contribution is -2.43. The minimum atomic E-state index is -3.97. The first-order chi connectivity index (χ1) is 22.0. The maximum atomic E-state index is 14.3. The third-order valence-corrected chi connectivity index (χ3v) is 11.6. The third-order valence-electron chi connectivity index (χ3n) is 10.2. The summed E-state index contributed by atoms with van der Waals surface area (Å²) in [5.74, 6) is -0.567. The Kier molecular flexibility index (Phi) is 9.00. The number of rotatable bonds is 7. The van der Waals surface area contributed by atoms with Gasteiger partial charge in [0.25, 0.3) is 5.91 Å². The van der Waals surface area contributed by atoms with E-state index in [1.54, 1.807) is 19.1 Å². The monoisotopic (exact) mass is 647 g/mol. The first kappa shape index (κ1) is 32.2. The minimum Gasteiger partial charge on any atom is -0.340 e. The summed E-state index contributed by atoms with van der Waals surface area (Å²) in [6, 6.07) is 13.8. The largest absolute Gasteiger partial charge is 0.340 e. The average molecular weight is 648 g/mol. The van der Waals surface area contributed by atoms with Crippen molar-refractivity contribution in [3.8, 4) is 11.3 Å². The van der Waals surface area contributed by atoms with E-state index in [2.05, 4.69) is 21.4 Å². The zero-order chi connectivity index (χ0) is 32.7. The molecule has 1 saturated heterocycles. The second-order valence-corrected chi connectivity index (χ2v) is 15.1. The van der Waals surface area contributed by atoms with Crippen molar-refractivity contribution in [2.45, 2.75) is 77.3 Å². The predicted octanol–water partition coefficient (Wildman–Crippen LogP) is 4.53. The van der Waals surface area contributed by atoms with E-state index in [-0.39, 0.29) is 29.3 Å². The molecule has 3 aromatic rings. The number of nitrogens with one attached hydrogen (secondary N) is 1. The number of fused-ring (bicyclic) bond motifs is 5. The van der Waals surface area contributed by atoms with Gasteiger partial charge in [0, 0.05) is 69.2 Å². The molecule has 1 aliphatic carbocycles. The fraction of sp³-hybridized carbons (Fsp3) is 0.514. The molecule has 2 atom stereocenters. The first-order valence-electron chi connectivity index (χ1n) is 16.5. The molecule has 1 saturated carbocycles. The molecule has 2 fully saturated rings. The van der Waals surface area contributed by atoms with Gasteiger partial charge < -0.3 is 14.4 Å². The van der Waals surface area contributed by atoms with Crippen molar-refractivity contribution in [3.05, 3.63) is 59.2 Å². The second kappa shape index (κ2) is 12.8. The summed E-state index contributed by atoms with van der Waals surface area (Å²) in [6.07, 6.45) is 7.06. The van der Waals surface area contributed by atoms with Crippen molar-refractivity contribution in [1.82, 2.24) is 23.4 Å². The molecule has 2 unspecified atom stereocenters. The topological polar surface area (TPSA) is 112 Å². The predicted molar refractivity (Wildman–Crippen MR) is 179 cm³/mol. The van der Waals surface area contributed by atoms with Crippen LogP contribution in [-0.4, -0.2) is 84.6 Å². The molecule has 246 valence electrons. The molecule has 0 bridgehead atoms. The normalized spacial score (nSPS) is 20.3. The van der Waals surface area contributed by atoms with Gasteiger partial charge in [-0.25, -0.2) is 4.72 Å². The fourth-order valence-corrected chi connectivity index (χ4v) is 8.44. The average Bonchev–Trinajstić information content (AvgIpc) is 3.59. The minimum absolute atomic E-state index is 0.0184.